The first kappa shape index (κ1) is 11.7. The molecule has 0 aliphatic rings. The number of aromatic nitrogens is 2. The molecule has 82 valence electrons. The van der Waals surface area contributed by atoms with Crippen LogP contribution in [0.2, 0.25) is 0 Å². The molecule has 15 heavy (non-hydrogen) atoms. The number of hydrogen-bond acceptors (Lipinski definition) is 4. The second-order valence-electron chi connectivity index (χ2n) is 2.32. The van der Waals surface area contributed by atoms with E-state index in [1.807, 2.05) is 0 Å². The van der Waals surface area contributed by atoms with Crippen LogP contribution >= 0.6 is 11.6 Å². The van der Waals surface area contributed by atoms with E-state index in [1.165, 1.54) is 7.11 Å². The zero-order valence-corrected chi connectivity index (χ0v) is 8.17. The van der Waals surface area contributed by atoms with Gasteiger partial charge in [-0.2, -0.15) is 13.2 Å². The van der Waals surface area contributed by atoms with Crippen LogP contribution in [-0.2, 0) is 0 Å². The molecule has 1 aromatic heterocycles. The molecule has 0 radical (unpaired) electrons. The topological polar surface area (TPSA) is 47.4 Å². The van der Waals surface area contributed by atoms with Gasteiger partial charge in [-0.3, -0.25) is 0 Å². The van der Waals surface area contributed by atoms with Crippen molar-refractivity contribution in [3.63, 3.8) is 0 Å². The number of nitrogens with zero attached hydrogens (tertiary/aromatic N) is 3. The lowest BCUT2D eigenvalue weighted by atomic mass is 10.6. The minimum Gasteiger partial charge on any atom is -0.480 e. The highest BCUT2D eigenvalue weighted by molar-refractivity contribution is 6.67. The van der Waals surface area contributed by atoms with Crippen molar-refractivity contribution in [3.05, 3.63) is 12.4 Å². The number of alkyl halides is 3. The van der Waals surface area contributed by atoms with Crippen molar-refractivity contribution in [2.75, 3.05) is 7.11 Å². The molecule has 0 unspecified atom stereocenters. The molecule has 0 atom stereocenters. The Bertz CT molecular complexity index is 363. The van der Waals surface area contributed by atoms with E-state index in [9.17, 15) is 13.2 Å². The van der Waals surface area contributed by atoms with E-state index in [1.54, 1.807) is 0 Å². The molecule has 0 spiro atoms. The Balaban J connectivity index is 2.89. The van der Waals surface area contributed by atoms with Crippen LogP contribution in [0.4, 0.5) is 19.0 Å². The van der Waals surface area contributed by atoms with E-state index in [0.29, 0.717) is 0 Å². The first-order valence-electron chi connectivity index (χ1n) is 3.61. The summed E-state index contributed by atoms with van der Waals surface area (Å²) in [6.45, 7) is 0. The van der Waals surface area contributed by atoms with Gasteiger partial charge in [-0.15, -0.1) is 0 Å². The second-order valence-corrected chi connectivity index (χ2v) is 2.68. The lowest BCUT2D eigenvalue weighted by Crippen LogP contribution is -2.16. The van der Waals surface area contributed by atoms with Crippen molar-refractivity contribution in [1.29, 1.82) is 0 Å². The van der Waals surface area contributed by atoms with Gasteiger partial charge in [0.1, 0.15) is 0 Å². The number of rotatable bonds is 2. The minimum absolute atomic E-state index is 0.178. The number of aliphatic imine (C=N–C) groups is 1. The van der Waals surface area contributed by atoms with Gasteiger partial charge < -0.3 is 4.74 Å². The van der Waals surface area contributed by atoms with Crippen LogP contribution in [0.1, 0.15) is 0 Å². The Morgan fingerprint density at radius 1 is 1.40 bits per heavy atom. The summed E-state index contributed by atoms with van der Waals surface area (Å²) in [5, 5.41) is -1.50. The van der Waals surface area contributed by atoms with Crippen LogP contribution in [-0.4, -0.2) is 28.4 Å². The molecular formula is C7H5ClF3N3O. The molecule has 0 aliphatic carbocycles. The van der Waals surface area contributed by atoms with Crippen LogP contribution in [0.15, 0.2) is 17.4 Å². The number of methoxy groups -OCH3 is 1. The highest BCUT2D eigenvalue weighted by Gasteiger charge is 2.34. The smallest absolute Gasteiger partial charge is 0.444 e. The van der Waals surface area contributed by atoms with E-state index >= 15 is 0 Å². The van der Waals surface area contributed by atoms with Crippen molar-refractivity contribution in [2.45, 2.75) is 6.18 Å². The molecule has 1 aromatic rings. The molecule has 1 rings (SSSR count). The molecule has 0 aliphatic heterocycles. The Morgan fingerprint density at radius 2 is 2.07 bits per heavy atom. The van der Waals surface area contributed by atoms with Gasteiger partial charge in [-0.25, -0.2) is 15.0 Å². The molecule has 0 N–H and O–H groups in total. The molecule has 0 aromatic carbocycles. The van der Waals surface area contributed by atoms with Gasteiger partial charge >= 0.3 is 6.18 Å². The van der Waals surface area contributed by atoms with Gasteiger partial charge in [0.05, 0.1) is 19.5 Å². The summed E-state index contributed by atoms with van der Waals surface area (Å²) in [5.74, 6) is -0.0600. The molecule has 4 nitrogen and oxygen atoms in total. The van der Waals surface area contributed by atoms with Gasteiger partial charge in [-0.1, -0.05) is 11.6 Å². The predicted octanol–water partition coefficient (Wildman–Crippen LogP) is 2.32. The van der Waals surface area contributed by atoms with Crippen LogP contribution in [0.3, 0.4) is 0 Å². The predicted molar refractivity (Wildman–Crippen MR) is 47.6 cm³/mol. The fourth-order valence-corrected chi connectivity index (χ4v) is 0.723. The maximum atomic E-state index is 11.9. The van der Waals surface area contributed by atoms with Gasteiger partial charge in [0.25, 0.3) is 0 Å². The van der Waals surface area contributed by atoms with E-state index in [0.717, 1.165) is 12.4 Å². The first-order chi connectivity index (χ1) is 6.93. The average molecular weight is 240 g/mol. The van der Waals surface area contributed by atoms with Crippen molar-refractivity contribution in [2.24, 2.45) is 4.99 Å². The third kappa shape index (κ3) is 3.35. The van der Waals surface area contributed by atoms with Crippen LogP contribution in [0.25, 0.3) is 0 Å². The van der Waals surface area contributed by atoms with Crippen molar-refractivity contribution < 1.29 is 17.9 Å². The molecule has 0 saturated heterocycles. The van der Waals surface area contributed by atoms with E-state index in [2.05, 4.69) is 19.7 Å². The Hall–Kier alpha value is -1.37. The molecule has 0 amide bonds. The van der Waals surface area contributed by atoms with E-state index in [-0.39, 0.29) is 11.7 Å². The summed E-state index contributed by atoms with van der Waals surface area (Å²) in [5.41, 5.74) is 0. The second kappa shape index (κ2) is 4.43. The summed E-state index contributed by atoms with van der Waals surface area (Å²) in [6, 6.07) is 0. The first-order valence-corrected chi connectivity index (χ1v) is 3.98. The largest absolute Gasteiger partial charge is 0.480 e. The maximum Gasteiger partial charge on any atom is 0.444 e. The van der Waals surface area contributed by atoms with Crippen LogP contribution in [0.5, 0.6) is 5.88 Å². The number of ether oxygens (including phenoxy) is 1. The summed E-state index contributed by atoms with van der Waals surface area (Å²) in [6.07, 6.45) is -2.52. The van der Waals surface area contributed by atoms with Gasteiger partial charge in [0, 0.05) is 0 Å². The zero-order chi connectivity index (χ0) is 11.5. The van der Waals surface area contributed by atoms with Crippen LogP contribution < -0.4 is 4.74 Å². The normalized spacial score (nSPS) is 12.7. The fourth-order valence-electron chi connectivity index (χ4n) is 0.636. The SMILES string of the molecule is COc1cnc(N=C(Cl)C(F)(F)F)cn1. The molecule has 8 heteroatoms. The standard InChI is InChI=1S/C7H5ClF3N3O/c1-15-5-3-12-4(2-13-5)14-6(8)7(9,10)11/h2-3H,1H3. The lowest BCUT2D eigenvalue weighted by Gasteiger charge is -2.02. The van der Waals surface area contributed by atoms with Crippen molar-refractivity contribution in [1.82, 2.24) is 9.97 Å². The fraction of sp³-hybridized carbons (Fsp3) is 0.286. The molecule has 0 saturated carbocycles. The van der Waals surface area contributed by atoms with Crippen molar-refractivity contribution >= 4 is 22.6 Å². The summed E-state index contributed by atoms with van der Waals surface area (Å²) < 4.78 is 40.5. The minimum atomic E-state index is -4.68. The Morgan fingerprint density at radius 3 is 2.47 bits per heavy atom. The lowest BCUT2D eigenvalue weighted by molar-refractivity contribution is -0.0558. The summed E-state index contributed by atoms with van der Waals surface area (Å²) >= 11 is 4.89. The third-order valence-electron chi connectivity index (χ3n) is 1.27. The zero-order valence-electron chi connectivity index (χ0n) is 7.42. The highest BCUT2D eigenvalue weighted by atomic mass is 35.5. The van der Waals surface area contributed by atoms with Crippen molar-refractivity contribution in [3.8, 4) is 5.88 Å². The number of hydrogen-bond donors (Lipinski definition) is 0. The van der Waals surface area contributed by atoms with E-state index in [4.69, 9.17) is 11.6 Å². The Kier molecular flexibility index (Phi) is 3.46. The van der Waals surface area contributed by atoms with E-state index < -0.39 is 11.3 Å². The van der Waals surface area contributed by atoms with Gasteiger partial charge in [0.15, 0.2) is 5.82 Å². The summed E-state index contributed by atoms with van der Waals surface area (Å²) in [4.78, 5) is 10.2. The molecule has 0 fully saturated rings. The molecule has 1 heterocycles. The molecule has 0 bridgehead atoms. The third-order valence-corrected chi connectivity index (χ3v) is 1.57. The Labute approximate surface area is 87.8 Å². The highest BCUT2D eigenvalue weighted by Crippen LogP contribution is 2.22. The molecular weight excluding hydrogens is 235 g/mol. The average Bonchev–Trinajstić information content (AvgIpc) is 2.17. The van der Waals surface area contributed by atoms with Gasteiger partial charge in [-0.05, 0) is 0 Å². The monoisotopic (exact) mass is 239 g/mol. The van der Waals surface area contributed by atoms with Crippen LogP contribution in [0, 0.1) is 0 Å². The number of halogens is 4. The maximum absolute atomic E-state index is 11.9. The summed E-state index contributed by atoms with van der Waals surface area (Å²) in [7, 11) is 1.36. The van der Waals surface area contributed by atoms with Gasteiger partial charge in [0.2, 0.25) is 11.1 Å². The quantitative estimate of drug-likeness (QED) is 0.744.